The number of carbonyl (C=O) groups is 1. The fourth-order valence-electron chi connectivity index (χ4n) is 5.60. The summed E-state index contributed by atoms with van der Waals surface area (Å²) in [6, 6.07) is 14.6. The summed E-state index contributed by atoms with van der Waals surface area (Å²) in [7, 11) is 0. The summed E-state index contributed by atoms with van der Waals surface area (Å²) in [5, 5.41) is 9.19. The van der Waals surface area contributed by atoms with Gasteiger partial charge >= 0.3 is 0 Å². The number of fused-ring (bicyclic) bond motifs is 1. The normalized spacial score (nSPS) is 15.8. The van der Waals surface area contributed by atoms with Gasteiger partial charge in [0.05, 0.1) is 24.4 Å². The van der Waals surface area contributed by atoms with Gasteiger partial charge < -0.3 is 5.73 Å². The van der Waals surface area contributed by atoms with E-state index in [4.69, 9.17) is 10.7 Å². The number of amides is 1. The lowest BCUT2D eigenvalue weighted by molar-refractivity contribution is 0.0844. The van der Waals surface area contributed by atoms with Crippen LogP contribution < -0.4 is 5.73 Å². The van der Waals surface area contributed by atoms with Crippen molar-refractivity contribution in [3.05, 3.63) is 88.9 Å². The molecule has 5 rings (SSSR count). The van der Waals surface area contributed by atoms with Gasteiger partial charge in [-0.15, -0.1) is 5.10 Å². The average molecular weight is 484 g/mol. The zero-order valence-electron chi connectivity index (χ0n) is 21.0. The molecule has 0 radical (unpaired) electrons. The van der Waals surface area contributed by atoms with E-state index in [0.717, 1.165) is 62.2 Å². The highest BCUT2D eigenvalue weighted by atomic mass is 16.1. The number of aromatic nitrogens is 4. The minimum atomic E-state index is -0.363. The van der Waals surface area contributed by atoms with E-state index < -0.39 is 0 Å². The van der Waals surface area contributed by atoms with Crippen LogP contribution in [0.5, 0.6) is 0 Å². The maximum Gasteiger partial charge on any atom is 0.248 e. The van der Waals surface area contributed by atoms with Crippen molar-refractivity contribution in [2.75, 3.05) is 26.2 Å². The van der Waals surface area contributed by atoms with Crippen LogP contribution in [0.2, 0.25) is 0 Å². The maximum absolute atomic E-state index is 12.2. The highest BCUT2D eigenvalue weighted by molar-refractivity contribution is 5.95. The summed E-state index contributed by atoms with van der Waals surface area (Å²) in [5.41, 5.74) is 12.1. The fraction of sp³-hybridized carbons (Fsp3) is 0.357. The van der Waals surface area contributed by atoms with Crippen LogP contribution in [-0.2, 0) is 19.5 Å². The molecule has 0 bridgehead atoms. The van der Waals surface area contributed by atoms with Crippen molar-refractivity contribution in [3.8, 4) is 0 Å². The third kappa shape index (κ3) is 4.62. The molecule has 1 unspecified atom stereocenters. The van der Waals surface area contributed by atoms with Crippen molar-refractivity contribution in [2.24, 2.45) is 5.73 Å². The molecule has 1 atom stereocenters. The quantitative estimate of drug-likeness (QED) is 0.413. The van der Waals surface area contributed by atoms with Gasteiger partial charge in [0.2, 0.25) is 5.91 Å². The molecule has 186 valence electrons. The van der Waals surface area contributed by atoms with E-state index >= 15 is 0 Å². The average Bonchev–Trinajstić information content (AvgIpc) is 3.42. The largest absolute Gasteiger partial charge is 0.366 e. The lowest BCUT2D eigenvalue weighted by Crippen LogP contribution is -2.48. The number of rotatable bonds is 8. The van der Waals surface area contributed by atoms with Crippen LogP contribution in [0.1, 0.15) is 52.5 Å². The Bertz CT molecular complexity index is 1340. The van der Waals surface area contributed by atoms with Crippen LogP contribution in [0.15, 0.2) is 61.1 Å². The summed E-state index contributed by atoms with van der Waals surface area (Å²) in [6.45, 7) is 8.67. The van der Waals surface area contributed by atoms with Gasteiger partial charge in [0.25, 0.3) is 0 Å². The molecular formula is C28H33N7O. The smallest absolute Gasteiger partial charge is 0.248 e. The summed E-state index contributed by atoms with van der Waals surface area (Å²) in [6.07, 6.45) is 7.08. The minimum absolute atomic E-state index is 0.0271. The number of nitrogens with two attached hydrogens (primary N) is 1. The first-order valence-electron chi connectivity index (χ1n) is 12.7. The first-order chi connectivity index (χ1) is 17.6. The van der Waals surface area contributed by atoms with Crippen molar-refractivity contribution < 1.29 is 4.79 Å². The zero-order chi connectivity index (χ0) is 25.1. The van der Waals surface area contributed by atoms with E-state index in [2.05, 4.69) is 64.3 Å². The highest BCUT2D eigenvalue weighted by Crippen LogP contribution is 2.37. The van der Waals surface area contributed by atoms with Crippen molar-refractivity contribution in [1.29, 1.82) is 0 Å². The number of hydrogen-bond donors (Lipinski definition) is 1. The molecule has 4 aromatic rings. The molecule has 0 aliphatic carbocycles. The molecule has 36 heavy (non-hydrogen) atoms. The van der Waals surface area contributed by atoms with Gasteiger partial charge in [-0.3, -0.25) is 19.6 Å². The topological polar surface area (TPSA) is 93.2 Å². The molecule has 1 fully saturated rings. The lowest BCUT2D eigenvalue weighted by Gasteiger charge is -2.40. The summed E-state index contributed by atoms with van der Waals surface area (Å²) >= 11 is 0. The maximum atomic E-state index is 12.2. The van der Waals surface area contributed by atoms with Crippen molar-refractivity contribution >= 4 is 16.8 Å². The molecule has 2 aromatic carbocycles. The van der Waals surface area contributed by atoms with Crippen LogP contribution in [0.4, 0.5) is 0 Å². The van der Waals surface area contributed by atoms with Crippen molar-refractivity contribution in [1.82, 2.24) is 29.8 Å². The van der Waals surface area contributed by atoms with Crippen LogP contribution in [0.25, 0.3) is 10.9 Å². The second-order valence-corrected chi connectivity index (χ2v) is 9.29. The van der Waals surface area contributed by atoms with E-state index in [1.54, 1.807) is 6.20 Å². The minimum Gasteiger partial charge on any atom is -0.366 e. The molecule has 8 heteroatoms. The van der Waals surface area contributed by atoms with Crippen LogP contribution in [0, 0.1) is 0 Å². The molecule has 3 heterocycles. The van der Waals surface area contributed by atoms with E-state index in [-0.39, 0.29) is 11.9 Å². The van der Waals surface area contributed by atoms with Gasteiger partial charge in [-0.05, 0) is 41.7 Å². The Hall–Kier alpha value is -3.62. The lowest BCUT2D eigenvalue weighted by atomic mass is 9.85. The van der Waals surface area contributed by atoms with Crippen molar-refractivity contribution in [3.63, 3.8) is 0 Å². The number of hydrogen-bond acceptors (Lipinski definition) is 6. The van der Waals surface area contributed by atoms with E-state index in [9.17, 15) is 4.79 Å². The third-order valence-electron chi connectivity index (χ3n) is 7.28. The Morgan fingerprint density at radius 2 is 1.72 bits per heavy atom. The second-order valence-electron chi connectivity index (χ2n) is 9.29. The van der Waals surface area contributed by atoms with Crippen molar-refractivity contribution in [2.45, 2.75) is 39.4 Å². The Kier molecular flexibility index (Phi) is 7.06. The number of para-hydroxylation sites is 1. The van der Waals surface area contributed by atoms with Crippen LogP contribution in [-0.4, -0.2) is 61.9 Å². The third-order valence-corrected chi connectivity index (χ3v) is 7.28. The second kappa shape index (κ2) is 10.6. The van der Waals surface area contributed by atoms with Gasteiger partial charge in [-0.1, -0.05) is 49.4 Å². The van der Waals surface area contributed by atoms with E-state index in [1.807, 2.05) is 29.2 Å². The fourth-order valence-corrected chi connectivity index (χ4v) is 5.60. The molecule has 1 saturated heterocycles. The van der Waals surface area contributed by atoms with Crippen LogP contribution in [0.3, 0.4) is 0 Å². The molecule has 2 aromatic heterocycles. The molecular weight excluding hydrogens is 450 g/mol. The Morgan fingerprint density at radius 1 is 0.944 bits per heavy atom. The van der Waals surface area contributed by atoms with Gasteiger partial charge in [-0.25, -0.2) is 4.68 Å². The Labute approximate surface area is 211 Å². The zero-order valence-corrected chi connectivity index (χ0v) is 21.0. The number of benzene rings is 2. The molecule has 1 aliphatic rings. The Balaban J connectivity index is 1.58. The summed E-state index contributed by atoms with van der Waals surface area (Å²) in [5.74, 6) is -0.363. The molecule has 8 nitrogen and oxygen atoms in total. The standard InChI is InChI=1S/C28H33N7O/c1-3-21-22(4-2)24(28(29)36)11-10-23(21)27(25-9-5-7-20-8-6-12-30-26(20)25)34-17-15-33(16-18-34)19-35-14-13-31-32-35/h5-14,27H,3-4,15-19H2,1-2H3,(H2,29,36). The Morgan fingerprint density at radius 3 is 2.42 bits per heavy atom. The van der Waals surface area contributed by atoms with Gasteiger partial charge in [0.15, 0.2) is 0 Å². The van der Waals surface area contributed by atoms with E-state index in [0.29, 0.717) is 5.56 Å². The molecule has 0 spiro atoms. The summed E-state index contributed by atoms with van der Waals surface area (Å²) in [4.78, 5) is 22.0. The summed E-state index contributed by atoms with van der Waals surface area (Å²) < 4.78 is 1.87. The molecule has 0 saturated carbocycles. The number of nitrogens with zero attached hydrogens (tertiary/aromatic N) is 6. The first kappa shape index (κ1) is 24.1. The van der Waals surface area contributed by atoms with Gasteiger partial charge in [0.1, 0.15) is 0 Å². The number of pyridine rings is 1. The van der Waals surface area contributed by atoms with Crippen LogP contribution >= 0.6 is 0 Å². The monoisotopic (exact) mass is 483 g/mol. The highest BCUT2D eigenvalue weighted by Gasteiger charge is 2.30. The van der Waals surface area contributed by atoms with Gasteiger partial charge in [0, 0.05) is 55.1 Å². The predicted molar refractivity (Wildman–Crippen MR) is 140 cm³/mol. The predicted octanol–water partition coefficient (Wildman–Crippen LogP) is 3.41. The molecule has 2 N–H and O–H groups in total. The molecule has 1 amide bonds. The SMILES string of the molecule is CCc1c(C(N)=O)ccc(C(c2cccc3cccnc23)N2CCN(Cn3ccnn3)CC2)c1CC. The molecule has 1 aliphatic heterocycles. The van der Waals surface area contributed by atoms with Gasteiger partial charge in [-0.2, -0.15) is 0 Å². The number of primary amides is 1. The number of piperazine rings is 1. The number of carbonyl (C=O) groups excluding carboxylic acids is 1. The first-order valence-corrected chi connectivity index (χ1v) is 12.7. The van der Waals surface area contributed by atoms with E-state index in [1.165, 1.54) is 16.7 Å².